The number of fused-ring (bicyclic) bond motifs is 3. The van der Waals surface area contributed by atoms with Gasteiger partial charge in [-0.2, -0.15) is 9.61 Å². The van der Waals surface area contributed by atoms with E-state index in [9.17, 15) is 4.79 Å². The first-order valence-electron chi connectivity index (χ1n) is 7.48. The van der Waals surface area contributed by atoms with Crippen LogP contribution in [0.1, 0.15) is 36.4 Å². The maximum atomic E-state index is 11.9. The van der Waals surface area contributed by atoms with Crippen molar-refractivity contribution in [3.05, 3.63) is 27.1 Å². The van der Waals surface area contributed by atoms with E-state index in [0.717, 1.165) is 30.1 Å². The molecule has 0 amide bonds. The third-order valence-electron chi connectivity index (χ3n) is 4.65. The molecule has 2 atom stereocenters. The highest BCUT2D eigenvalue weighted by Crippen LogP contribution is 2.36. The Hall–Kier alpha value is -1.31. The quantitative estimate of drug-likeness (QED) is 0.892. The molecule has 0 radical (unpaired) electrons. The van der Waals surface area contributed by atoms with Crippen molar-refractivity contribution >= 4 is 16.3 Å². The lowest BCUT2D eigenvalue weighted by Gasteiger charge is -2.36. The van der Waals surface area contributed by atoms with Crippen molar-refractivity contribution in [3.63, 3.8) is 0 Å². The van der Waals surface area contributed by atoms with E-state index in [-0.39, 0.29) is 5.56 Å². The molecule has 2 bridgehead atoms. The summed E-state index contributed by atoms with van der Waals surface area (Å²) in [6.07, 6.45) is 4.64. The van der Waals surface area contributed by atoms with E-state index in [2.05, 4.69) is 15.0 Å². The molecule has 4 heterocycles. The fourth-order valence-electron chi connectivity index (χ4n) is 3.75. The Kier molecular flexibility index (Phi) is 3.09. The molecule has 21 heavy (non-hydrogen) atoms. The number of piperidine rings is 1. The van der Waals surface area contributed by atoms with Crippen LogP contribution in [0, 0.1) is 6.92 Å². The molecule has 2 fully saturated rings. The Labute approximate surface area is 126 Å². The molecule has 2 aromatic rings. The third kappa shape index (κ3) is 2.29. The molecule has 2 aromatic heterocycles. The van der Waals surface area contributed by atoms with Gasteiger partial charge in [0.1, 0.15) is 5.01 Å². The highest BCUT2D eigenvalue weighted by Gasteiger charge is 2.39. The van der Waals surface area contributed by atoms with E-state index in [0.29, 0.717) is 23.1 Å². The highest BCUT2D eigenvalue weighted by molar-refractivity contribution is 7.16. The summed E-state index contributed by atoms with van der Waals surface area (Å²) in [7, 11) is 0. The number of aryl methyl sites for hydroxylation is 1. The minimum atomic E-state index is -0.0939. The van der Waals surface area contributed by atoms with Crippen LogP contribution < -0.4 is 11.3 Å². The lowest BCUT2D eigenvalue weighted by atomic mass is 9.98. The molecule has 2 aliphatic heterocycles. The van der Waals surface area contributed by atoms with E-state index >= 15 is 0 Å². The minimum absolute atomic E-state index is 0.0939. The third-order valence-corrected chi connectivity index (χ3v) is 5.55. The second-order valence-electron chi connectivity index (χ2n) is 6.21. The number of nitrogens with zero attached hydrogens (tertiary/aromatic N) is 4. The minimum Gasteiger partial charge on any atom is -0.328 e. The molecule has 2 aliphatic rings. The summed E-state index contributed by atoms with van der Waals surface area (Å²) in [5.74, 6) is 0. The molecule has 0 aromatic carbocycles. The summed E-state index contributed by atoms with van der Waals surface area (Å²) in [5, 5.41) is 5.42. The summed E-state index contributed by atoms with van der Waals surface area (Å²) >= 11 is 1.52. The van der Waals surface area contributed by atoms with Crippen molar-refractivity contribution < 1.29 is 0 Å². The van der Waals surface area contributed by atoms with Crippen molar-refractivity contribution in [2.75, 3.05) is 0 Å². The van der Waals surface area contributed by atoms with Crippen LogP contribution in [-0.2, 0) is 6.54 Å². The molecule has 112 valence electrons. The highest BCUT2D eigenvalue weighted by atomic mass is 32.1. The summed E-state index contributed by atoms with van der Waals surface area (Å²) in [4.78, 5) is 19.5. The normalized spacial score (nSPS) is 29.3. The zero-order chi connectivity index (χ0) is 14.6. The summed E-state index contributed by atoms with van der Waals surface area (Å²) < 4.78 is 1.42. The maximum absolute atomic E-state index is 11.9. The van der Waals surface area contributed by atoms with Gasteiger partial charge in [-0.3, -0.25) is 9.69 Å². The topological polar surface area (TPSA) is 76.5 Å². The summed E-state index contributed by atoms with van der Waals surface area (Å²) in [5.41, 5.74) is 6.77. The van der Waals surface area contributed by atoms with Crippen LogP contribution in [0.25, 0.3) is 4.96 Å². The molecule has 2 unspecified atom stereocenters. The van der Waals surface area contributed by atoms with Crippen molar-refractivity contribution in [1.29, 1.82) is 0 Å². The van der Waals surface area contributed by atoms with Gasteiger partial charge in [0, 0.05) is 29.9 Å². The lowest BCUT2D eigenvalue weighted by Crippen LogP contribution is -2.46. The number of rotatable bonds is 2. The first kappa shape index (κ1) is 13.4. The van der Waals surface area contributed by atoms with Crippen LogP contribution in [0.2, 0.25) is 0 Å². The largest absolute Gasteiger partial charge is 0.328 e. The number of hydrogen-bond acceptors (Lipinski definition) is 6. The number of nitrogens with two attached hydrogens (primary N) is 1. The molecule has 7 heteroatoms. The molecule has 4 rings (SSSR count). The lowest BCUT2D eigenvalue weighted by molar-refractivity contribution is 0.119. The van der Waals surface area contributed by atoms with Gasteiger partial charge < -0.3 is 5.73 Å². The van der Waals surface area contributed by atoms with E-state index in [1.165, 1.54) is 34.8 Å². The van der Waals surface area contributed by atoms with E-state index < -0.39 is 0 Å². The molecular weight excluding hydrogens is 286 g/mol. The van der Waals surface area contributed by atoms with E-state index in [1.807, 2.05) is 6.92 Å². The Balaban J connectivity index is 1.63. The monoisotopic (exact) mass is 305 g/mol. The second kappa shape index (κ2) is 4.86. The van der Waals surface area contributed by atoms with Gasteiger partial charge in [-0.15, -0.1) is 0 Å². The van der Waals surface area contributed by atoms with Crippen LogP contribution in [-0.4, -0.2) is 37.6 Å². The van der Waals surface area contributed by atoms with Gasteiger partial charge in [-0.25, -0.2) is 4.98 Å². The van der Waals surface area contributed by atoms with E-state index in [1.54, 1.807) is 0 Å². The van der Waals surface area contributed by atoms with Gasteiger partial charge in [0.05, 0.1) is 6.54 Å². The zero-order valence-corrected chi connectivity index (χ0v) is 12.8. The van der Waals surface area contributed by atoms with Gasteiger partial charge in [0.15, 0.2) is 0 Å². The number of hydrogen-bond donors (Lipinski definition) is 1. The molecule has 2 saturated heterocycles. The first-order valence-corrected chi connectivity index (χ1v) is 8.29. The van der Waals surface area contributed by atoms with Crippen LogP contribution in [0.5, 0.6) is 0 Å². The molecule has 0 saturated carbocycles. The Morgan fingerprint density at radius 3 is 2.81 bits per heavy atom. The number of aromatic nitrogens is 3. The van der Waals surface area contributed by atoms with Gasteiger partial charge in [-0.05, 0) is 32.6 Å². The average molecular weight is 305 g/mol. The second-order valence-corrected chi connectivity index (χ2v) is 7.26. The Morgan fingerprint density at radius 2 is 2.10 bits per heavy atom. The Morgan fingerprint density at radius 1 is 1.38 bits per heavy atom. The zero-order valence-electron chi connectivity index (χ0n) is 12.0. The molecule has 0 spiro atoms. The van der Waals surface area contributed by atoms with E-state index in [4.69, 9.17) is 5.73 Å². The molecule has 6 nitrogen and oxygen atoms in total. The molecule has 0 aliphatic carbocycles. The predicted octanol–water partition coefficient (Wildman–Crippen LogP) is 0.914. The fraction of sp³-hybridized carbons (Fsp3) is 0.643. The first-order chi connectivity index (χ1) is 10.1. The molecular formula is C14H19N5OS. The van der Waals surface area contributed by atoms with Crippen molar-refractivity contribution in [2.45, 2.75) is 57.3 Å². The Bertz CT molecular complexity index is 725. The van der Waals surface area contributed by atoms with Crippen LogP contribution in [0.15, 0.2) is 10.9 Å². The van der Waals surface area contributed by atoms with Crippen molar-refractivity contribution in [1.82, 2.24) is 19.5 Å². The van der Waals surface area contributed by atoms with Crippen molar-refractivity contribution in [3.8, 4) is 0 Å². The van der Waals surface area contributed by atoms with Crippen molar-refractivity contribution in [2.24, 2.45) is 5.73 Å². The van der Waals surface area contributed by atoms with Gasteiger partial charge >= 0.3 is 0 Å². The van der Waals surface area contributed by atoms with Crippen LogP contribution in [0.4, 0.5) is 0 Å². The fourth-order valence-corrected chi connectivity index (χ4v) is 4.71. The van der Waals surface area contributed by atoms with Gasteiger partial charge in [0.2, 0.25) is 4.96 Å². The summed E-state index contributed by atoms with van der Waals surface area (Å²) in [6, 6.07) is 3.04. The van der Waals surface area contributed by atoms with Crippen LogP contribution >= 0.6 is 11.3 Å². The summed E-state index contributed by atoms with van der Waals surface area (Å²) in [6.45, 7) is 2.65. The SMILES string of the molecule is Cc1cc(=O)n2nc(CN3C4CCC3CC(N)C4)sc2n1. The standard InChI is InChI=1S/C14H19N5OS/c1-8-4-13(20)19-14(16-8)21-12(17-19)7-18-10-2-3-11(18)6-9(15)5-10/h4,9-11H,2-3,5-7,15H2,1H3. The smallest absolute Gasteiger partial charge is 0.275 e. The van der Waals surface area contributed by atoms with Gasteiger partial charge in [-0.1, -0.05) is 11.3 Å². The van der Waals surface area contributed by atoms with Crippen LogP contribution in [0.3, 0.4) is 0 Å². The predicted molar refractivity (Wildman–Crippen MR) is 81.4 cm³/mol. The maximum Gasteiger partial charge on any atom is 0.275 e. The average Bonchev–Trinajstić information content (AvgIpc) is 2.90. The molecule has 2 N–H and O–H groups in total. The van der Waals surface area contributed by atoms with Gasteiger partial charge in [0.25, 0.3) is 5.56 Å².